The van der Waals surface area contributed by atoms with Crippen molar-refractivity contribution >= 4 is 29.2 Å². The number of rotatable bonds is 4. The first-order chi connectivity index (χ1) is 11.6. The predicted molar refractivity (Wildman–Crippen MR) is 83.6 cm³/mol. The van der Waals surface area contributed by atoms with E-state index in [0.29, 0.717) is 16.4 Å². The van der Waals surface area contributed by atoms with E-state index in [4.69, 9.17) is 4.84 Å². The number of benzene rings is 2. The van der Waals surface area contributed by atoms with Gasteiger partial charge >= 0.3 is 5.97 Å². The van der Waals surface area contributed by atoms with Crippen molar-refractivity contribution in [2.24, 2.45) is 10.2 Å². The first-order valence-electron chi connectivity index (χ1n) is 7.28. The number of hydrogen-bond donors (Lipinski definition) is 0. The van der Waals surface area contributed by atoms with Crippen LogP contribution in [0.2, 0.25) is 0 Å². The van der Waals surface area contributed by atoms with Gasteiger partial charge in [-0.25, -0.2) is 4.79 Å². The van der Waals surface area contributed by atoms with E-state index in [1.165, 1.54) is 12.1 Å². The molecule has 120 valence electrons. The third-order valence-corrected chi connectivity index (χ3v) is 3.30. The van der Waals surface area contributed by atoms with Crippen LogP contribution < -0.4 is 0 Å². The molecule has 0 aliphatic carbocycles. The van der Waals surface area contributed by atoms with E-state index in [0.717, 1.165) is 0 Å². The Morgan fingerprint density at radius 2 is 1.50 bits per heavy atom. The lowest BCUT2D eigenvalue weighted by Crippen LogP contribution is -2.32. The number of carbonyl (C=O) groups is 3. The fourth-order valence-electron chi connectivity index (χ4n) is 2.10. The van der Waals surface area contributed by atoms with Gasteiger partial charge in [0.2, 0.25) is 0 Å². The number of hydrogen-bond acceptors (Lipinski definition) is 6. The van der Waals surface area contributed by atoms with Gasteiger partial charge in [-0.3, -0.25) is 9.59 Å². The molecule has 1 aliphatic rings. The lowest BCUT2D eigenvalue weighted by Gasteiger charge is -2.12. The van der Waals surface area contributed by atoms with Gasteiger partial charge in [0, 0.05) is 12.8 Å². The zero-order valence-electron chi connectivity index (χ0n) is 12.6. The van der Waals surface area contributed by atoms with Crippen molar-refractivity contribution in [3.05, 3.63) is 60.2 Å². The second kappa shape index (κ2) is 6.82. The van der Waals surface area contributed by atoms with Gasteiger partial charge in [0.05, 0.1) is 16.9 Å². The summed E-state index contributed by atoms with van der Waals surface area (Å²) in [5, 5.41) is 8.62. The van der Waals surface area contributed by atoms with Gasteiger partial charge in [-0.1, -0.05) is 24.3 Å². The molecule has 0 spiro atoms. The summed E-state index contributed by atoms with van der Waals surface area (Å²) in [7, 11) is 0. The van der Waals surface area contributed by atoms with Gasteiger partial charge in [-0.15, -0.1) is 5.06 Å². The Hall–Kier alpha value is -3.35. The van der Waals surface area contributed by atoms with E-state index in [1.54, 1.807) is 24.3 Å². The molecule has 0 saturated carbocycles. The molecule has 3 rings (SSSR count). The fraction of sp³-hybridized carbons (Fsp3) is 0.118. The summed E-state index contributed by atoms with van der Waals surface area (Å²) in [4.78, 5) is 39.9. The van der Waals surface area contributed by atoms with Crippen molar-refractivity contribution in [2.45, 2.75) is 12.8 Å². The predicted octanol–water partition coefficient (Wildman–Crippen LogP) is 3.32. The smallest absolute Gasteiger partial charge is 0.325 e. The highest BCUT2D eigenvalue weighted by Crippen LogP contribution is 2.20. The quantitative estimate of drug-likeness (QED) is 0.637. The summed E-state index contributed by atoms with van der Waals surface area (Å²) in [5.41, 5.74) is 1.30. The highest BCUT2D eigenvalue weighted by atomic mass is 16.7. The van der Waals surface area contributed by atoms with Crippen molar-refractivity contribution in [3.8, 4) is 0 Å². The summed E-state index contributed by atoms with van der Waals surface area (Å²) in [6.07, 6.45) is 0.106. The Balaban J connectivity index is 1.73. The van der Waals surface area contributed by atoms with Crippen LogP contribution in [0.1, 0.15) is 23.2 Å². The maximum atomic E-state index is 12.1. The summed E-state index contributed by atoms with van der Waals surface area (Å²) < 4.78 is 0. The van der Waals surface area contributed by atoms with Gasteiger partial charge in [0.25, 0.3) is 11.8 Å². The molecule has 0 bridgehead atoms. The van der Waals surface area contributed by atoms with E-state index in [2.05, 4.69) is 10.2 Å². The molecular formula is C17H13N3O4. The van der Waals surface area contributed by atoms with Crippen molar-refractivity contribution < 1.29 is 19.2 Å². The molecule has 1 saturated heterocycles. The van der Waals surface area contributed by atoms with Crippen LogP contribution >= 0.6 is 0 Å². The molecule has 1 aliphatic heterocycles. The summed E-state index contributed by atoms with van der Waals surface area (Å²) >= 11 is 0. The number of amides is 2. The van der Waals surface area contributed by atoms with Gasteiger partial charge in [0.15, 0.2) is 0 Å². The standard InChI is InChI=1S/C17H13N3O4/c21-15-9-10-16(22)20(15)24-17(23)12-5-4-8-14(11-12)19-18-13-6-2-1-3-7-13/h1-8,11H,9-10H2. The van der Waals surface area contributed by atoms with Crippen LogP contribution in [0, 0.1) is 0 Å². The molecule has 7 heteroatoms. The minimum absolute atomic E-state index is 0.0530. The minimum Gasteiger partial charge on any atom is -0.325 e. The van der Waals surface area contributed by atoms with E-state index in [1.807, 2.05) is 18.2 Å². The number of carbonyl (C=O) groups excluding carboxylic acids is 3. The maximum Gasteiger partial charge on any atom is 0.363 e. The van der Waals surface area contributed by atoms with E-state index in [9.17, 15) is 14.4 Å². The van der Waals surface area contributed by atoms with Crippen LogP contribution in [0.3, 0.4) is 0 Å². The molecule has 0 radical (unpaired) electrons. The summed E-state index contributed by atoms with van der Waals surface area (Å²) in [5.74, 6) is -1.84. The van der Waals surface area contributed by atoms with Crippen LogP contribution in [0.25, 0.3) is 0 Å². The molecule has 0 unspecified atom stereocenters. The molecule has 2 aromatic carbocycles. The first-order valence-corrected chi connectivity index (χ1v) is 7.28. The normalized spacial score (nSPS) is 14.4. The highest BCUT2D eigenvalue weighted by molar-refractivity contribution is 6.02. The minimum atomic E-state index is -0.796. The molecule has 7 nitrogen and oxygen atoms in total. The lowest BCUT2D eigenvalue weighted by molar-refractivity contribution is -0.172. The zero-order chi connectivity index (χ0) is 16.9. The largest absolute Gasteiger partial charge is 0.363 e. The average Bonchev–Trinajstić information content (AvgIpc) is 2.93. The lowest BCUT2D eigenvalue weighted by atomic mass is 10.2. The van der Waals surface area contributed by atoms with Crippen LogP contribution in [-0.4, -0.2) is 22.8 Å². The van der Waals surface area contributed by atoms with Crippen LogP contribution in [0.4, 0.5) is 11.4 Å². The Morgan fingerprint density at radius 3 is 2.21 bits per heavy atom. The average molecular weight is 323 g/mol. The Kier molecular flexibility index (Phi) is 4.42. The number of hydroxylamine groups is 2. The Labute approximate surface area is 137 Å². The Bertz CT molecular complexity index is 802. The number of nitrogens with zero attached hydrogens (tertiary/aromatic N) is 3. The van der Waals surface area contributed by atoms with Gasteiger partial charge < -0.3 is 4.84 Å². The van der Waals surface area contributed by atoms with Crippen molar-refractivity contribution in [1.29, 1.82) is 0 Å². The van der Waals surface area contributed by atoms with Gasteiger partial charge in [0.1, 0.15) is 0 Å². The summed E-state index contributed by atoms with van der Waals surface area (Å²) in [6, 6.07) is 15.4. The van der Waals surface area contributed by atoms with Crippen molar-refractivity contribution in [2.75, 3.05) is 0 Å². The van der Waals surface area contributed by atoms with Crippen molar-refractivity contribution in [3.63, 3.8) is 0 Å². The molecule has 2 aromatic rings. The molecule has 0 aromatic heterocycles. The Morgan fingerprint density at radius 1 is 0.875 bits per heavy atom. The second-order valence-electron chi connectivity index (χ2n) is 5.05. The topological polar surface area (TPSA) is 88.4 Å². The third kappa shape index (κ3) is 3.52. The monoisotopic (exact) mass is 323 g/mol. The van der Waals surface area contributed by atoms with Crippen LogP contribution in [0.15, 0.2) is 64.8 Å². The molecular weight excluding hydrogens is 310 g/mol. The molecule has 0 atom stereocenters. The number of imide groups is 1. The van der Waals surface area contributed by atoms with Gasteiger partial charge in [-0.05, 0) is 30.3 Å². The van der Waals surface area contributed by atoms with E-state index in [-0.39, 0.29) is 18.4 Å². The van der Waals surface area contributed by atoms with Crippen LogP contribution in [0.5, 0.6) is 0 Å². The molecule has 24 heavy (non-hydrogen) atoms. The molecule has 0 N–H and O–H groups in total. The second-order valence-corrected chi connectivity index (χ2v) is 5.05. The van der Waals surface area contributed by atoms with Gasteiger partial charge in [-0.2, -0.15) is 10.2 Å². The van der Waals surface area contributed by atoms with E-state index < -0.39 is 17.8 Å². The molecule has 1 heterocycles. The van der Waals surface area contributed by atoms with E-state index >= 15 is 0 Å². The third-order valence-electron chi connectivity index (χ3n) is 3.30. The van der Waals surface area contributed by atoms with Crippen molar-refractivity contribution in [1.82, 2.24) is 5.06 Å². The summed E-state index contributed by atoms with van der Waals surface area (Å²) in [6.45, 7) is 0. The number of azo groups is 1. The fourth-order valence-corrected chi connectivity index (χ4v) is 2.10. The SMILES string of the molecule is O=C(ON1C(=O)CCC1=O)c1cccc(N=Nc2ccccc2)c1. The van der Waals surface area contributed by atoms with Crippen LogP contribution in [-0.2, 0) is 14.4 Å². The first kappa shape index (κ1) is 15.5. The molecule has 1 fully saturated rings. The highest BCUT2D eigenvalue weighted by Gasteiger charge is 2.33. The molecule has 2 amide bonds. The zero-order valence-corrected chi connectivity index (χ0v) is 12.6. The maximum absolute atomic E-state index is 12.1.